The number of ether oxygens (including phenoxy) is 1. The van der Waals surface area contributed by atoms with Crippen LogP contribution in [0.3, 0.4) is 0 Å². The molecule has 154 valence electrons. The molecule has 3 aromatic rings. The predicted molar refractivity (Wildman–Crippen MR) is 119 cm³/mol. The van der Waals surface area contributed by atoms with Crippen LogP contribution in [0.2, 0.25) is 0 Å². The predicted octanol–water partition coefficient (Wildman–Crippen LogP) is 4.51. The lowest BCUT2D eigenvalue weighted by molar-refractivity contribution is 0.210. The molecule has 2 N–H and O–H groups in total. The molecule has 0 saturated heterocycles. The van der Waals surface area contributed by atoms with E-state index in [1.165, 1.54) is 18.4 Å². The summed E-state index contributed by atoms with van der Waals surface area (Å²) in [7, 11) is 1.68. The molecule has 0 aromatic carbocycles. The van der Waals surface area contributed by atoms with Crippen LogP contribution in [-0.4, -0.2) is 35.2 Å². The van der Waals surface area contributed by atoms with E-state index >= 15 is 0 Å². The standard InChI is InChI=1S/C22H22N6O.ClH/c1-29-9-8-25-20-5-4-17(14-26-20)19-11-18(16-2-3-16)12-22(27-19)28-21-10-15(13-23)6-7-24-21;/h4-7,10-12,14,16H,2-3,8-9H2,1H3,(H,25,26)(H,24,27,28);1H. The second-order valence-electron chi connectivity index (χ2n) is 6.96. The Bertz CT molecular complexity index is 1030. The first-order valence-electron chi connectivity index (χ1n) is 9.59. The molecule has 1 aliphatic carbocycles. The fraction of sp³-hybridized carbons (Fsp3) is 0.273. The van der Waals surface area contributed by atoms with E-state index in [2.05, 4.69) is 38.8 Å². The van der Waals surface area contributed by atoms with Crippen molar-refractivity contribution in [2.24, 2.45) is 0 Å². The molecule has 4 rings (SSSR count). The normalized spacial score (nSPS) is 12.5. The monoisotopic (exact) mass is 422 g/mol. The number of nitriles is 1. The van der Waals surface area contributed by atoms with Crippen molar-refractivity contribution >= 4 is 29.9 Å². The maximum absolute atomic E-state index is 9.10. The molecule has 8 heteroatoms. The first kappa shape index (κ1) is 21.5. The lowest BCUT2D eigenvalue weighted by Crippen LogP contribution is -2.08. The van der Waals surface area contributed by atoms with Crippen molar-refractivity contribution in [3.8, 4) is 17.3 Å². The zero-order valence-corrected chi connectivity index (χ0v) is 17.4. The average molecular weight is 423 g/mol. The molecule has 0 unspecified atom stereocenters. The van der Waals surface area contributed by atoms with Crippen LogP contribution in [-0.2, 0) is 4.74 Å². The quantitative estimate of drug-likeness (QED) is 0.515. The number of halogens is 1. The first-order chi connectivity index (χ1) is 14.2. The maximum Gasteiger partial charge on any atom is 0.132 e. The fourth-order valence-electron chi connectivity index (χ4n) is 3.05. The van der Waals surface area contributed by atoms with Crippen molar-refractivity contribution in [3.63, 3.8) is 0 Å². The Balaban J connectivity index is 0.00000256. The summed E-state index contributed by atoms with van der Waals surface area (Å²) in [6, 6.07) is 13.7. The zero-order chi connectivity index (χ0) is 20.1. The number of aromatic nitrogens is 3. The molecule has 0 spiro atoms. The molecule has 3 heterocycles. The lowest BCUT2D eigenvalue weighted by Gasteiger charge is -2.11. The highest BCUT2D eigenvalue weighted by Gasteiger charge is 2.25. The molecule has 1 saturated carbocycles. The SMILES string of the molecule is COCCNc1ccc(-c2cc(C3CC3)cc(Nc3cc(C#N)ccn3)n2)cn1.Cl. The van der Waals surface area contributed by atoms with E-state index in [1.807, 2.05) is 18.3 Å². The molecule has 1 aliphatic rings. The largest absolute Gasteiger partial charge is 0.383 e. The minimum absolute atomic E-state index is 0. The van der Waals surface area contributed by atoms with Crippen LogP contribution in [0.5, 0.6) is 0 Å². The first-order valence-corrected chi connectivity index (χ1v) is 9.59. The lowest BCUT2D eigenvalue weighted by atomic mass is 10.1. The van der Waals surface area contributed by atoms with E-state index in [9.17, 15) is 0 Å². The number of pyridine rings is 3. The van der Waals surface area contributed by atoms with Crippen molar-refractivity contribution < 1.29 is 4.74 Å². The molecule has 7 nitrogen and oxygen atoms in total. The van der Waals surface area contributed by atoms with Gasteiger partial charge >= 0.3 is 0 Å². The molecular formula is C22H23ClN6O. The van der Waals surface area contributed by atoms with Crippen molar-refractivity contribution in [2.75, 3.05) is 30.9 Å². The number of anilines is 3. The van der Waals surface area contributed by atoms with Crippen LogP contribution in [0, 0.1) is 11.3 Å². The van der Waals surface area contributed by atoms with Crippen molar-refractivity contribution in [1.29, 1.82) is 5.26 Å². The number of nitrogens with one attached hydrogen (secondary N) is 2. The van der Waals surface area contributed by atoms with Crippen LogP contribution < -0.4 is 10.6 Å². The Morgan fingerprint density at radius 3 is 2.67 bits per heavy atom. The summed E-state index contributed by atoms with van der Waals surface area (Å²) in [6.07, 6.45) is 5.84. The van der Waals surface area contributed by atoms with Crippen LogP contribution in [0.25, 0.3) is 11.3 Å². The molecule has 0 amide bonds. The highest BCUT2D eigenvalue weighted by Crippen LogP contribution is 2.42. The summed E-state index contributed by atoms with van der Waals surface area (Å²) in [5, 5.41) is 15.5. The Morgan fingerprint density at radius 1 is 1.10 bits per heavy atom. The third-order valence-corrected chi connectivity index (χ3v) is 4.71. The van der Waals surface area contributed by atoms with E-state index < -0.39 is 0 Å². The highest BCUT2D eigenvalue weighted by molar-refractivity contribution is 5.85. The van der Waals surface area contributed by atoms with E-state index in [0.29, 0.717) is 36.3 Å². The smallest absolute Gasteiger partial charge is 0.132 e. The van der Waals surface area contributed by atoms with Crippen molar-refractivity contribution in [3.05, 3.63) is 59.9 Å². The van der Waals surface area contributed by atoms with Crippen LogP contribution in [0.15, 0.2) is 48.8 Å². The van der Waals surface area contributed by atoms with Crippen molar-refractivity contribution in [2.45, 2.75) is 18.8 Å². The van der Waals surface area contributed by atoms with Gasteiger partial charge in [0, 0.05) is 31.6 Å². The van der Waals surface area contributed by atoms with Crippen molar-refractivity contribution in [1.82, 2.24) is 15.0 Å². The number of nitrogens with zero attached hydrogens (tertiary/aromatic N) is 4. The molecule has 0 aliphatic heterocycles. The molecule has 3 aromatic heterocycles. The van der Waals surface area contributed by atoms with Gasteiger partial charge in [0.2, 0.25) is 0 Å². The fourth-order valence-corrected chi connectivity index (χ4v) is 3.05. The summed E-state index contributed by atoms with van der Waals surface area (Å²) in [6.45, 7) is 1.34. The second-order valence-corrected chi connectivity index (χ2v) is 6.96. The second kappa shape index (κ2) is 10.0. The van der Waals surface area contributed by atoms with Gasteiger partial charge in [-0.15, -0.1) is 12.4 Å². The van der Waals surface area contributed by atoms with E-state index in [4.69, 9.17) is 15.0 Å². The van der Waals surface area contributed by atoms with Crippen LogP contribution in [0.1, 0.15) is 29.9 Å². The van der Waals surface area contributed by atoms with Gasteiger partial charge in [0.1, 0.15) is 17.5 Å². The summed E-state index contributed by atoms with van der Waals surface area (Å²) < 4.78 is 5.04. The van der Waals surface area contributed by atoms with Gasteiger partial charge < -0.3 is 15.4 Å². The third-order valence-electron chi connectivity index (χ3n) is 4.71. The zero-order valence-electron chi connectivity index (χ0n) is 16.6. The number of hydrogen-bond acceptors (Lipinski definition) is 7. The highest BCUT2D eigenvalue weighted by atomic mass is 35.5. The molecule has 0 radical (unpaired) electrons. The molecule has 30 heavy (non-hydrogen) atoms. The van der Waals surface area contributed by atoms with Crippen LogP contribution >= 0.6 is 12.4 Å². The Labute approximate surface area is 182 Å². The summed E-state index contributed by atoms with van der Waals surface area (Å²) >= 11 is 0. The van der Waals surface area contributed by atoms with Gasteiger partial charge in [0.05, 0.1) is 23.9 Å². The summed E-state index contributed by atoms with van der Waals surface area (Å²) in [5.74, 6) is 2.71. The maximum atomic E-state index is 9.10. The Kier molecular flexibility index (Phi) is 7.17. The van der Waals surface area contributed by atoms with Gasteiger partial charge in [-0.1, -0.05) is 0 Å². The third kappa shape index (κ3) is 5.44. The molecule has 0 atom stereocenters. The molecular weight excluding hydrogens is 400 g/mol. The molecule has 1 fully saturated rings. The van der Waals surface area contributed by atoms with E-state index in [-0.39, 0.29) is 12.4 Å². The van der Waals surface area contributed by atoms with Gasteiger partial charge in [0.15, 0.2) is 0 Å². The van der Waals surface area contributed by atoms with Gasteiger partial charge in [-0.2, -0.15) is 5.26 Å². The summed E-state index contributed by atoms with van der Waals surface area (Å²) in [4.78, 5) is 13.5. The van der Waals surface area contributed by atoms with Gasteiger partial charge in [-0.25, -0.2) is 15.0 Å². The Hall–Kier alpha value is -3.21. The van der Waals surface area contributed by atoms with Gasteiger partial charge in [-0.05, 0) is 60.7 Å². The Morgan fingerprint density at radius 2 is 1.97 bits per heavy atom. The molecule has 0 bridgehead atoms. The minimum atomic E-state index is 0. The topological polar surface area (TPSA) is 95.8 Å². The van der Waals surface area contributed by atoms with Gasteiger partial charge in [-0.3, -0.25) is 0 Å². The minimum Gasteiger partial charge on any atom is -0.383 e. The van der Waals surface area contributed by atoms with E-state index in [1.54, 1.807) is 25.4 Å². The summed E-state index contributed by atoms with van der Waals surface area (Å²) in [5.41, 5.74) is 3.63. The number of rotatable bonds is 8. The number of hydrogen-bond donors (Lipinski definition) is 2. The van der Waals surface area contributed by atoms with E-state index in [0.717, 1.165) is 17.1 Å². The van der Waals surface area contributed by atoms with Gasteiger partial charge in [0.25, 0.3) is 0 Å². The van der Waals surface area contributed by atoms with Crippen LogP contribution in [0.4, 0.5) is 17.5 Å². The number of methoxy groups -OCH3 is 1. The average Bonchev–Trinajstić information content (AvgIpc) is 3.60.